The van der Waals surface area contributed by atoms with Crippen molar-refractivity contribution in [1.29, 1.82) is 0 Å². The van der Waals surface area contributed by atoms with Gasteiger partial charge in [0.05, 0.1) is 5.52 Å². The second kappa shape index (κ2) is 6.68. The van der Waals surface area contributed by atoms with Gasteiger partial charge in [0.2, 0.25) is 0 Å². The number of carbonyl (C=O) groups is 2. The van der Waals surface area contributed by atoms with Gasteiger partial charge >= 0.3 is 35.5 Å². The van der Waals surface area contributed by atoms with E-state index in [1.54, 1.807) is 18.2 Å². The Balaban J connectivity index is 0.00000156. The third kappa shape index (κ3) is 2.79. The summed E-state index contributed by atoms with van der Waals surface area (Å²) in [5.74, 6) is -2.66. The van der Waals surface area contributed by atoms with E-state index in [0.29, 0.717) is 5.52 Å². The predicted octanol–water partition coefficient (Wildman–Crippen LogP) is -2.57. The fourth-order valence-electron chi connectivity index (χ4n) is 2.56. The number of aliphatic carboxylic acids is 1. The average molecular weight is 339 g/mol. The van der Waals surface area contributed by atoms with Gasteiger partial charge in [0, 0.05) is 12.4 Å². The van der Waals surface area contributed by atoms with Crippen molar-refractivity contribution in [1.82, 2.24) is 14.5 Å². The first-order chi connectivity index (χ1) is 10.9. The van der Waals surface area contributed by atoms with Crippen LogP contribution in [0.25, 0.3) is 16.4 Å². The van der Waals surface area contributed by atoms with E-state index in [1.165, 1.54) is 16.2 Å². The third-order valence-electron chi connectivity index (χ3n) is 3.60. The minimum absolute atomic E-state index is 0. The molecule has 8 nitrogen and oxygen atoms in total. The minimum atomic E-state index is -1.25. The summed E-state index contributed by atoms with van der Waals surface area (Å²) >= 11 is 0. The van der Waals surface area contributed by atoms with Crippen LogP contribution in [-0.2, 0) is 11.8 Å². The van der Waals surface area contributed by atoms with Crippen LogP contribution in [0, 0.1) is 0 Å². The van der Waals surface area contributed by atoms with Gasteiger partial charge in [-0.3, -0.25) is 14.4 Å². The van der Waals surface area contributed by atoms with Crippen molar-refractivity contribution in [3.05, 3.63) is 46.2 Å². The third-order valence-corrected chi connectivity index (χ3v) is 3.60. The predicted molar refractivity (Wildman–Crippen MR) is 82.9 cm³/mol. The van der Waals surface area contributed by atoms with Crippen LogP contribution in [0.1, 0.15) is 11.8 Å². The van der Waals surface area contributed by atoms with E-state index in [-0.39, 0.29) is 36.5 Å². The molecule has 3 N–H and O–H groups in total. The van der Waals surface area contributed by atoms with E-state index in [4.69, 9.17) is 5.11 Å². The Hall–Kier alpha value is -2.29. The van der Waals surface area contributed by atoms with Gasteiger partial charge in [-0.1, -0.05) is 18.2 Å². The van der Waals surface area contributed by atoms with Gasteiger partial charge in [-0.05, 0) is 12.1 Å². The number of carbonyl (C=O) groups excluding carboxylic acids is 1. The molecular weight excluding hydrogens is 325 g/mol. The number of benzene rings is 1. The first-order valence-corrected chi connectivity index (χ1v) is 6.74. The molecule has 0 saturated heterocycles. The van der Waals surface area contributed by atoms with Crippen LogP contribution in [0.15, 0.2) is 35.1 Å². The summed E-state index contributed by atoms with van der Waals surface area (Å²) in [7, 11) is 1.47. The summed E-state index contributed by atoms with van der Waals surface area (Å²) in [5.41, 5.74) is -0.216. The van der Waals surface area contributed by atoms with Gasteiger partial charge < -0.3 is 17.0 Å². The zero-order valence-electron chi connectivity index (χ0n) is 14.1. The Labute approximate surface area is 159 Å². The number of rotatable bonds is 3. The van der Waals surface area contributed by atoms with Crippen LogP contribution in [-0.4, -0.2) is 37.8 Å². The van der Waals surface area contributed by atoms with Gasteiger partial charge in [0.1, 0.15) is 17.6 Å². The van der Waals surface area contributed by atoms with E-state index >= 15 is 0 Å². The Kier molecular flexibility index (Phi) is 5.02. The molecule has 0 saturated carbocycles. The van der Waals surface area contributed by atoms with E-state index in [1.807, 2.05) is 12.1 Å². The number of hydrogen-bond donors (Lipinski definition) is 3. The zero-order valence-corrected chi connectivity index (χ0v) is 15.1. The van der Waals surface area contributed by atoms with E-state index in [9.17, 15) is 19.5 Å². The molecular formula is C15H14N3NaO5. The number of nitrogens with zero attached hydrogens (tertiary/aromatic N) is 2. The first-order valence-electron chi connectivity index (χ1n) is 6.74. The Bertz CT molecular complexity index is 1030. The molecule has 9 heteroatoms. The molecule has 120 valence electrons. The summed E-state index contributed by atoms with van der Waals surface area (Å²) < 4.78 is 2.70. The summed E-state index contributed by atoms with van der Waals surface area (Å²) in [6, 6.07) is 8.86. The summed E-state index contributed by atoms with van der Waals surface area (Å²) in [5, 5.41) is 21.8. The van der Waals surface area contributed by atoms with Gasteiger partial charge in [-0.25, -0.2) is 9.20 Å². The topological polar surface area (TPSA) is 113 Å². The first kappa shape index (κ1) is 18.1. The number of carboxylic acid groups (broad SMARTS) is 1. The second-order valence-corrected chi connectivity index (χ2v) is 5.03. The van der Waals surface area contributed by atoms with Crippen LogP contribution in [0.5, 0.6) is 5.75 Å². The molecule has 2 heterocycles. The van der Waals surface area contributed by atoms with Gasteiger partial charge in [0.15, 0.2) is 5.75 Å². The minimum Gasteiger partial charge on any atom is -1.00 e. The number of aryl methyl sites for hydroxylation is 1. The molecule has 0 aliphatic heterocycles. The standard InChI is InChI=1S/C15H13N3O5.Na.H/c1-17-15(23)12(14(22)16-7-11(19)20)13(21)10-6-8-4-2-3-5-9(8)18(10)17;;/h2-6,21H,7H2,1H3,(H,16,22)(H,19,20);;/q;+1;-1. The number of aromatic nitrogens is 2. The number of amides is 1. The Morgan fingerprint density at radius 2 is 1.92 bits per heavy atom. The SMILES string of the molecule is Cn1c(=O)c(C(=O)NCC(=O)O)c(O)c2cc3ccccc3n21.[H-].[Na+]. The van der Waals surface area contributed by atoms with Crippen molar-refractivity contribution in [2.24, 2.45) is 7.05 Å². The van der Waals surface area contributed by atoms with Crippen molar-refractivity contribution >= 4 is 28.3 Å². The monoisotopic (exact) mass is 339 g/mol. The van der Waals surface area contributed by atoms with Crippen LogP contribution in [0.2, 0.25) is 0 Å². The molecule has 1 aromatic carbocycles. The summed E-state index contributed by atoms with van der Waals surface area (Å²) in [4.78, 5) is 35.0. The largest absolute Gasteiger partial charge is 1.00 e. The summed E-state index contributed by atoms with van der Waals surface area (Å²) in [6.45, 7) is -0.643. The quantitative estimate of drug-likeness (QED) is 0.454. The van der Waals surface area contributed by atoms with E-state index in [2.05, 4.69) is 5.32 Å². The fourth-order valence-corrected chi connectivity index (χ4v) is 2.56. The van der Waals surface area contributed by atoms with Crippen LogP contribution in [0.4, 0.5) is 0 Å². The molecule has 3 aromatic rings. The summed E-state index contributed by atoms with van der Waals surface area (Å²) in [6.07, 6.45) is 0. The maximum absolute atomic E-state index is 12.4. The number of carboxylic acids is 1. The number of para-hydroxylation sites is 1. The van der Waals surface area contributed by atoms with Crippen molar-refractivity contribution in [3.8, 4) is 5.75 Å². The molecule has 0 aliphatic rings. The number of fused-ring (bicyclic) bond motifs is 3. The van der Waals surface area contributed by atoms with Crippen molar-refractivity contribution in [2.45, 2.75) is 0 Å². The van der Waals surface area contributed by atoms with Gasteiger partial charge in [-0.2, -0.15) is 0 Å². The number of aromatic hydroxyl groups is 1. The normalized spacial score (nSPS) is 10.5. The molecule has 0 aliphatic carbocycles. The Morgan fingerprint density at radius 1 is 1.25 bits per heavy atom. The molecule has 3 rings (SSSR count). The molecule has 24 heavy (non-hydrogen) atoms. The van der Waals surface area contributed by atoms with Crippen molar-refractivity contribution in [3.63, 3.8) is 0 Å². The zero-order chi connectivity index (χ0) is 16.7. The second-order valence-electron chi connectivity index (χ2n) is 5.03. The number of nitrogens with one attached hydrogen (secondary N) is 1. The molecule has 0 fully saturated rings. The van der Waals surface area contributed by atoms with E-state index in [0.717, 1.165) is 5.39 Å². The Morgan fingerprint density at radius 3 is 2.58 bits per heavy atom. The van der Waals surface area contributed by atoms with Crippen LogP contribution < -0.4 is 40.4 Å². The maximum atomic E-state index is 12.4. The maximum Gasteiger partial charge on any atom is 1.00 e. The van der Waals surface area contributed by atoms with Gasteiger partial charge in [-0.15, -0.1) is 0 Å². The van der Waals surface area contributed by atoms with Crippen LogP contribution in [0.3, 0.4) is 0 Å². The van der Waals surface area contributed by atoms with Crippen LogP contribution >= 0.6 is 0 Å². The number of hydrogen-bond acceptors (Lipinski definition) is 4. The van der Waals surface area contributed by atoms with Crippen molar-refractivity contribution < 1.29 is 50.8 Å². The van der Waals surface area contributed by atoms with E-state index < -0.39 is 35.3 Å². The molecule has 0 unspecified atom stereocenters. The molecule has 0 atom stereocenters. The average Bonchev–Trinajstić information content (AvgIpc) is 2.91. The molecule has 0 radical (unpaired) electrons. The molecule has 0 bridgehead atoms. The molecule has 2 aromatic heterocycles. The molecule has 1 amide bonds. The smallest absolute Gasteiger partial charge is 1.00 e. The molecule has 0 spiro atoms. The van der Waals surface area contributed by atoms with Crippen molar-refractivity contribution in [2.75, 3.05) is 6.54 Å². The van der Waals surface area contributed by atoms with Gasteiger partial charge in [0.25, 0.3) is 11.5 Å². The fraction of sp³-hybridized carbons (Fsp3) is 0.133.